The standard InChI is InChI=1S/C4H8PS2/c5-3-4-6-1-2-7-4/h1-3,5H2/q+1. The van der Waals surface area contributed by atoms with Gasteiger partial charge >= 0.3 is 0 Å². The van der Waals surface area contributed by atoms with Crippen molar-refractivity contribution in [1.82, 2.24) is 0 Å². The van der Waals surface area contributed by atoms with Gasteiger partial charge in [-0.3, -0.25) is 0 Å². The van der Waals surface area contributed by atoms with Crippen LogP contribution in [0.15, 0.2) is 0 Å². The Balaban J connectivity index is 2.36. The minimum Gasteiger partial charge on any atom is -0.127 e. The predicted octanol–water partition coefficient (Wildman–Crippen LogP) is 0.821. The minimum atomic E-state index is 1.18. The summed E-state index contributed by atoms with van der Waals surface area (Å²) < 4.78 is 1.59. The zero-order chi connectivity index (χ0) is 5.11. The van der Waals surface area contributed by atoms with E-state index in [0.717, 1.165) is 0 Å². The average Bonchev–Trinajstić information content (AvgIpc) is 2.14. The second-order valence-corrected chi connectivity index (χ2v) is 4.32. The van der Waals surface area contributed by atoms with Crippen molar-refractivity contribution in [2.24, 2.45) is 0 Å². The molecule has 0 aliphatic carbocycles. The van der Waals surface area contributed by atoms with Crippen molar-refractivity contribution in [2.75, 3.05) is 17.7 Å². The fourth-order valence-corrected chi connectivity index (χ4v) is 3.37. The zero-order valence-electron chi connectivity index (χ0n) is 4.02. The van der Waals surface area contributed by atoms with Gasteiger partial charge in [-0.05, 0) is 0 Å². The van der Waals surface area contributed by atoms with Gasteiger partial charge in [-0.25, -0.2) is 0 Å². The van der Waals surface area contributed by atoms with Gasteiger partial charge in [-0.1, -0.05) is 11.8 Å². The van der Waals surface area contributed by atoms with Crippen LogP contribution >= 0.6 is 21.0 Å². The van der Waals surface area contributed by atoms with Crippen molar-refractivity contribution < 1.29 is 0 Å². The molecule has 0 spiro atoms. The molecule has 0 aromatic heterocycles. The molecule has 1 rings (SSSR count). The maximum absolute atomic E-state index is 2.74. The van der Waals surface area contributed by atoms with Gasteiger partial charge in [-0.2, -0.15) is 0 Å². The number of hydrogen-bond acceptors (Lipinski definition) is 1. The molecule has 0 N–H and O–H groups in total. The summed E-state index contributed by atoms with van der Waals surface area (Å²) in [6, 6.07) is 0. The van der Waals surface area contributed by atoms with E-state index in [1.807, 2.05) is 23.1 Å². The van der Waals surface area contributed by atoms with Gasteiger partial charge in [-0.15, -0.1) is 9.24 Å². The Kier molecular flexibility index (Phi) is 2.58. The largest absolute Gasteiger partial charge is 0.238 e. The molecule has 1 aliphatic heterocycles. The van der Waals surface area contributed by atoms with E-state index in [0.29, 0.717) is 0 Å². The summed E-state index contributed by atoms with van der Waals surface area (Å²) in [6.45, 7) is 0. The van der Waals surface area contributed by atoms with Crippen molar-refractivity contribution >= 4 is 36.5 Å². The normalized spacial score (nSPS) is 19.9. The first-order valence-electron chi connectivity index (χ1n) is 2.25. The Hall–Kier alpha value is 0.870. The molecule has 1 atom stereocenters. The van der Waals surface area contributed by atoms with Gasteiger partial charge in [0.2, 0.25) is 4.20 Å². The summed E-state index contributed by atoms with van der Waals surface area (Å²) in [5.41, 5.74) is 0. The van der Waals surface area contributed by atoms with Gasteiger partial charge in [0.1, 0.15) is 0 Å². The van der Waals surface area contributed by atoms with Crippen LogP contribution in [0.2, 0.25) is 0 Å². The first-order chi connectivity index (χ1) is 3.43. The van der Waals surface area contributed by atoms with E-state index in [1.54, 1.807) is 4.20 Å². The summed E-state index contributed by atoms with van der Waals surface area (Å²) in [6.07, 6.45) is 1.18. The molecule has 7 heavy (non-hydrogen) atoms. The minimum absolute atomic E-state index is 1.18. The van der Waals surface area contributed by atoms with Gasteiger partial charge in [0.25, 0.3) is 0 Å². The van der Waals surface area contributed by atoms with E-state index in [2.05, 4.69) is 9.24 Å². The number of rotatable bonds is 1. The van der Waals surface area contributed by atoms with Crippen molar-refractivity contribution in [3.8, 4) is 0 Å². The van der Waals surface area contributed by atoms with E-state index < -0.39 is 0 Å². The lowest BCUT2D eigenvalue weighted by Gasteiger charge is -1.76. The van der Waals surface area contributed by atoms with E-state index in [9.17, 15) is 0 Å². The Bertz CT molecular complexity index is 89.7. The Morgan fingerprint density at radius 2 is 2.71 bits per heavy atom. The first-order valence-corrected chi connectivity index (χ1v) is 5.04. The summed E-state index contributed by atoms with van der Waals surface area (Å²) >= 11 is 4.00. The fourth-order valence-electron chi connectivity index (χ4n) is 0.471. The molecule has 0 saturated carbocycles. The molecule has 0 amide bonds. The van der Waals surface area contributed by atoms with Gasteiger partial charge in [0.15, 0.2) is 17.1 Å². The first kappa shape index (κ1) is 6.00. The van der Waals surface area contributed by atoms with Crippen LogP contribution in [0.3, 0.4) is 0 Å². The molecule has 1 heterocycles. The van der Waals surface area contributed by atoms with Gasteiger partial charge in [0, 0.05) is 6.16 Å². The highest BCUT2D eigenvalue weighted by Crippen LogP contribution is 2.10. The van der Waals surface area contributed by atoms with Crippen LogP contribution < -0.4 is 0 Å². The second-order valence-electron chi connectivity index (χ2n) is 1.27. The topological polar surface area (TPSA) is 0 Å². The summed E-state index contributed by atoms with van der Waals surface area (Å²) in [5, 5.41) is 0. The maximum Gasteiger partial charge on any atom is 0.238 e. The molecule has 0 nitrogen and oxygen atoms in total. The molecule has 0 aromatic carbocycles. The highest BCUT2D eigenvalue weighted by atomic mass is 32.2. The third-order valence-corrected chi connectivity index (χ3v) is 4.54. The Labute approximate surface area is 54.6 Å². The van der Waals surface area contributed by atoms with E-state index in [1.165, 1.54) is 17.7 Å². The lowest BCUT2D eigenvalue weighted by molar-refractivity contribution is 1.58. The maximum atomic E-state index is 2.74. The van der Waals surface area contributed by atoms with E-state index in [-0.39, 0.29) is 0 Å². The lowest BCUT2D eigenvalue weighted by Crippen LogP contribution is -1.86. The molecule has 3 heteroatoms. The monoisotopic (exact) mass is 151 g/mol. The van der Waals surface area contributed by atoms with Crippen LogP contribution in [-0.2, 0) is 11.4 Å². The van der Waals surface area contributed by atoms with Gasteiger partial charge < -0.3 is 0 Å². The lowest BCUT2D eigenvalue weighted by atomic mass is 10.9. The quantitative estimate of drug-likeness (QED) is 0.304. The zero-order valence-corrected chi connectivity index (χ0v) is 6.80. The molecule has 0 fully saturated rings. The number of thioether (sulfide) groups is 1. The third kappa shape index (κ3) is 1.67. The summed E-state index contributed by atoms with van der Waals surface area (Å²) in [7, 11) is 2.74. The predicted molar refractivity (Wildman–Crippen MR) is 44.3 cm³/mol. The van der Waals surface area contributed by atoms with E-state index >= 15 is 0 Å². The third-order valence-electron chi connectivity index (χ3n) is 0.776. The molecule has 1 unspecified atom stereocenters. The van der Waals surface area contributed by atoms with E-state index in [4.69, 9.17) is 0 Å². The molecule has 0 saturated heterocycles. The average molecular weight is 151 g/mol. The molecule has 0 aromatic rings. The van der Waals surface area contributed by atoms with Gasteiger partial charge in [0.05, 0.1) is 5.75 Å². The number of hydrogen-bond donors (Lipinski definition) is 0. The molecule has 0 bridgehead atoms. The van der Waals surface area contributed by atoms with Crippen LogP contribution in [0.5, 0.6) is 0 Å². The molecular formula is C4H8PS2+. The Morgan fingerprint density at radius 1 is 1.86 bits per heavy atom. The fraction of sp³-hybridized carbons (Fsp3) is 0.750. The summed E-state index contributed by atoms with van der Waals surface area (Å²) in [4.78, 5) is 0. The molecule has 0 radical (unpaired) electrons. The van der Waals surface area contributed by atoms with Crippen LogP contribution in [0.1, 0.15) is 0 Å². The Morgan fingerprint density at radius 3 is 3.00 bits per heavy atom. The smallest absolute Gasteiger partial charge is 0.127 e. The van der Waals surface area contributed by atoms with Crippen LogP contribution in [-0.4, -0.2) is 21.9 Å². The molecule has 40 valence electrons. The summed E-state index contributed by atoms with van der Waals surface area (Å²) in [5.74, 6) is 2.66. The van der Waals surface area contributed by atoms with Crippen molar-refractivity contribution in [2.45, 2.75) is 0 Å². The SMILES string of the molecule is PCC1=[S+]CCS1. The molecular weight excluding hydrogens is 143 g/mol. The second kappa shape index (κ2) is 3.01. The van der Waals surface area contributed by atoms with Crippen LogP contribution in [0.4, 0.5) is 0 Å². The highest BCUT2D eigenvalue weighted by molar-refractivity contribution is 8.25. The van der Waals surface area contributed by atoms with Crippen molar-refractivity contribution in [3.63, 3.8) is 0 Å². The van der Waals surface area contributed by atoms with Crippen molar-refractivity contribution in [3.05, 3.63) is 0 Å². The highest BCUT2D eigenvalue weighted by Gasteiger charge is 2.15. The van der Waals surface area contributed by atoms with Crippen LogP contribution in [0, 0.1) is 0 Å². The molecule has 1 aliphatic rings. The van der Waals surface area contributed by atoms with Crippen LogP contribution in [0.25, 0.3) is 0 Å². The van der Waals surface area contributed by atoms with Crippen molar-refractivity contribution in [1.29, 1.82) is 0 Å².